The van der Waals surface area contributed by atoms with Crippen LogP contribution in [-0.4, -0.2) is 37.6 Å². The number of carbonyl (C=O) groups excluding carboxylic acids is 2. The van der Waals surface area contributed by atoms with E-state index < -0.39 is 16.8 Å². The number of rotatable bonds is 5. The molecule has 8 heteroatoms. The first-order valence-electron chi connectivity index (χ1n) is 5.17. The number of nitrogens with one attached hydrogen (secondary N) is 1. The first kappa shape index (κ1) is 14.4. The van der Waals surface area contributed by atoms with Crippen molar-refractivity contribution < 1.29 is 24.0 Å². The number of nitrogens with zero attached hydrogens (tertiary/aromatic N) is 1. The number of hydrogen-bond acceptors (Lipinski definition) is 6. The molecule has 0 aliphatic carbocycles. The molecule has 1 rings (SSSR count). The van der Waals surface area contributed by atoms with Crippen molar-refractivity contribution in [2.75, 3.05) is 20.8 Å². The molecule has 1 aromatic rings. The summed E-state index contributed by atoms with van der Waals surface area (Å²) in [4.78, 5) is 32.8. The van der Waals surface area contributed by atoms with Gasteiger partial charge in [0.15, 0.2) is 0 Å². The summed E-state index contributed by atoms with van der Waals surface area (Å²) in [6.07, 6.45) is 0. The van der Waals surface area contributed by atoms with Gasteiger partial charge >= 0.3 is 11.7 Å². The Hall–Kier alpha value is -2.64. The summed E-state index contributed by atoms with van der Waals surface area (Å²) in [5, 5.41) is 13.1. The van der Waals surface area contributed by atoms with Crippen LogP contribution in [-0.2, 0) is 9.53 Å². The number of para-hydroxylation sites is 1. The van der Waals surface area contributed by atoms with Gasteiger partial charge in [-0.1, -0.05) is 6.07 Å². The maximum atomic E-state index is 11.8. The summed E-state index contributed by atoms with van der Waals surface area (Å²) < 4.78 is 9.24. The number of methoxy groups -OCH3 is 2. The summed E-state index contributed by atoms with van der Waals surface area (Å²) >= 11 is 0. The average molecular weight is 268 g/mol. The molecule has 1 N–H and O–H groups in total. The molecule has 1 amide bonds. The third-order valence-electron chi connectivity index (χ3n) is 2.26. The molecule has 0 unspecified atom stereocenters. The predicted molar refractivity (Wildman–Crippen MR) is 64.0 cm³/mol. The molecule has 0 aromatic heterocycles. The zero-order valence-electron chi connectivity index (χ0n) is 10.3. The van der Waals surface area contributed by atoms with E-state index >= 15 is 0 Å². The van der Waals surface area contributed by atoms with Crippen LogP contribution in [0.3, 0.4) is 0 Å². The lowest BCUT2D eigenvalue weighted by atomic mass is 10.1. The predicted octanol–water partition coefficient (Wildman–Crippen LogP) is 0.506. The molecule has 0 bridgehead atoms. The molecule has 1 aromatic carbocycles. The molecule has 19 heavy (non-hydrogen) atoms. The molecule has 0 atom stereocenters. The molecular formula is C11H12N2O6. The van der Waals surface area contributed by atoms with Gasteiger partial charge in [0.05, 0.1) is 24.7 Å². The fourth-order valence-electron chi connectivity index (χ4n) is 1.38. The summed E-state index contributed by atoms with van der Waals surface area (Å²) in [5.41, 5.74) is -0.353. The van der Waals surface area contributed by atoms with E-state index in [1.807, 2.05) is 0 Å². The van der Waals surface area contributed by atoms with Crippen LogP contribution in [0.25, 0.3) is 0 Å². The molecule has 0 aliphatic rings. The number of nitro groups is 1. The molecule has 102 valence electrons. The molecule has 0 fully saturated rings. The minimum Gasteiger partial charge on any atom is -0.490 e. The largest absolute Gasteiger partial charge is 0.490 e. The van der Waals surface area contributed by atoms with Crippen molar-refractivity contribution in [3.8, 4) is 5.75 Å². The lowest BCUT2D eigenvalue weighted by Crippen LogP contribution is -2.30. The van der Waals surface area contributed by atoms with Crippen molar-refractivity contribution in [3.63, 3.8) is 0 Å². The lowest BCUT2D eigenvalue weighted by Gasteiger charge is -2.08. The van der Waals surface area contributed by atoms with Gasteiger partial charge in [0.25, 0.3) is 5.91 Å². The smallest absolute Gasteiger partial charge is 0.325 e. The molecule has 0 saturated carbocycles. The number of carbonyl (C=O) groups is 2. The number of benzene rings is 1. The van der Waals surface area contributed by atoms with Crippen molar-refractivity contribution >= 4 is 17.6 Å². The van der Waals surface area contributed by atoms with Crippen LogP contribution < -0.4 is 10.1 Å². The normalized spacial score (nSPS) is 9.58. The Bertz CT molecular complexity index is 514. The van der Waals surface area contributed by atoms with E-state index in [0.717, 1.165) is 0 Å². The van der Waals surface area contributed by atoms with Crippen LogP contribution in [0.1, 0.15) is 10.4 Å². The Balaban J connectivity index is 3.00. The van der Waals surface area contributed by atoms with Gasteiger partial charge in [-0.15, -0.1) is 0 Å². The highest BCUT2D eigenvalue weighted by atomic mass is 16.6. The van der Waals surface area contributed by atoms with Crippen molar-refractivity contribution in [2.45, 2.75) is 0 Å². The maximum Gasteiger partial charge on any atom is 0.325 e. The van der Waals surface area contributed by atoms with E-state index in [4.69, 9.17) is 4.74 Å². The second-order valence-electron chi connectivity index (χ2n) is 3.37. The van der Waals surface area contributed by atoms with Crippen molar-refractivity contribution in [1.29, 1.82) is 0 Å². The SMILES string of the molecule is COC(=O)CNC(=O)c1cccc([N+](=O)[O-])c1OC. The molecular weight excluding hydrogens is 256 g/mol. The van der Waals surface area contributed by atoms with Gasteiger partial charge in [0.2, 0.25) is 5.75 Å². The quantitative estimate of drug-likeness (QED) is 0.473. The Kier molecular flexibility index (Phi) is 4.81. The van der Waals surface area contributed by atoms with Crippen molar-refractivity contribution in [1.82, 2.24) is 5.32 Å². The molecule has 8 nitrogen and oxygen atoms in total. The molecule has 0 heterocycles. The summed E-state index contributed by atoms with van der Waals surface area (Å²) in [5.74, 6) is -1.45. The van der Waals surface area contributed by atoms with Crippen LogP contribution in [0.15, 0.2) is 18.2 Å². The van der Waals surface area contributed by atoms with Gasteiger partial charge in [-0.3, -0.25) is 19.7 Å². The number of nitro benzene ring substituents is 1. The van der Waals surface area contributed by atoms with Crippen LogP contribution in [0.5, 0.6) is 5.75 Å². The second-order valence-corrected chi connectivity index (χ2v) is 3.37. The third-order valence-corrected chi connectivity index (χ3v) is 2.26. The van der Waals surface area contributed by atoms with Crippen LogP contribution in [0.2, 0.25) is 0 Å². The maximum absolute atomic E-state index is 11.8. The molecule has 0 radical (unpaired) electrons. The van der Waals surface area contributed by atoms with Gasteiger partial charge in [0, 0.05) is 6.07 Å². The van der Waals surface area contributed by atoms with Gasteiger partial charge in [-0.2, -0.15) is 0 Å². The highest BCUT2D eigenvalue weighted by Crippen LogP contribution is 2.30. The number of hydrogen-bond donors (Lipinski definition) is 1. The van der Waals surface area contributed by atoms with Crippen molar-refractivity contribution in [3.05, 3.63) is 33.9 Å². The number of esters is 1. The fourth-order valence-corrected chi connectivity index (χ4v) is 1.38. The minimum absolute atomic E-state index is 0.0272. The minimum atomic E-state index is -0.661. The molecule has 0 aliphatic heterocycles. The highest BCUT2D eigenvalue weighted by molar-refractivity contribution is 5.99. The summed E-state index contributed by atoms with van der Waals surface area (Å²) in [6.45, 7) is -0.332. The monoisotopic (exact) mass is 268 g/mol. The number of ether oxygens (including phenoxy) is 2. The van der Waals surface area contributed by atoms with Gasteiger partial charge in [0.1, 0.15) is 6.54 Å². The standard InChI is InChI=1S/C11H12N2O6/c1-18-9(14)6-12-11(15)7-4-3-5-8(13(16)17)10(7)19-2/h3-5H,6H2,1-2H3,(H,12,15). The van der Waals surface area contributed by atoms with Gasteiger partial charge in [-0.25, -0.2) is 0 Å². The third kappa shape index (κ3) is 3.41. The lowest BCUT2D eigenvalue weighted by molar-refractivity contribution is -0.385. The topological polar surface area (TPSA) is 108 Å². The Morgan fingerprint density at radius 3 is 2.58 bits per heavy atom. The first-order valence-corrected chi connectivity index (χ1v) is 5.17. The van der Waals surface area contributed by atoms with Crippen molar-refractivity contribution in [2.24, 2.45) is 0 Å². The highest BCUT2D eigenvalue weighted by Gasteiger charge is 2.22. The van der Waals surface area contributed by atoms with Crippen LogP contribution in [0.4, 0.5) is 5.69 Å². The van der Waals surface area contributed by atoms with E-state index in [0.29, 0.717) is 0 Å². The Morgan fingerprint density at radius 2 is 2.05 bits per heavy atom. The zero-order chi connectivity index (χ0) is 14.4. The Labute approximate surface area is 108 Å². The zero-order valence-corrected chi connectivity index (χ0v) is 10.3. The van der Waals surface area contributed by atoms with E-state index in [2.05, 4.69) is 10.1 Å². The molecule has 0 saturated heterocycles. The summed E-state index contributed by atoms with van der Waals surface area (Å²) in [6, 6.07) is 3.93. The number of amides is 1. The van der Waals surface area contributed by atoms with Crippen LogP contribution >= 0.6 is 0 Å². The van der Waals surface area contributed by atoms with E-state index in [-0.39, 0.29) is 23.5 Å². The second kappa shape index (κ2) is 6.34. The fraction of sp³-hybridized carbons (Fsp3) is 0.273. The van der Waals surface area contributed by atoms with E-state index in [9.17, 15) is 19.7 Å². The van der Waals surface area contributed by atoms with E-state index in [1.54, 1.807) is 0 Å². The molecule has 0 spiro atoms. The van der Waals surface area contributed by atoms with Crippen LogP contribution in [0, 0.1) is 10.1 Å². The average Bonchev–Trinajstić information content (AvgIpc) is 2.43. The van der Waals surface area contributed by atoms with E-state index in [1.165, 1.54) is 32.4 Å². The van der Waals surface area contributed by atoms with Gasteiger partial charge in [-0.05, 0) is 6.07 Å². The van der Waals surface area contributed by atoms with Gasteiger partial charge < -0.3 is 14.8 Å². The first-order chi connectivity index (χ1) is 9.01. The Morgan fingerprint density at radius 1 is 1.37 bits per heavy atom. The summed E-state index contributed by atoms with van der Waals surface area (Å²) in [7, 11) is 2.40.